The quantitative estimate of drug-likeness (QED) is 0.632. The zero-order chi connectivity index (χ0) is 19.1. The van der Waals surface area contributed by atoms with Crippen LogP contribution in [0.1, 0.15) is 54.1 Å². The van der Waals surface area contributed by atoms with Gasteiger partial charge in [0, 0.05) is 6.54 Å². The number of fused-ring (bicyclic) bond motifs is 3. The van der Waals surface area contributed by atoms with Crippen molar-refractivity contribution in [1.29, 1.82) is 0 Å². The van der Waals surface area contributed by atoms with Gasteiger partial charge in [0.25, 0.3) is 0 Å². The van der Waals surface area contributed by atoms with E-state index in [2.05, 4.69) is 33.7 Å². The highest BCUT2D eigenvalue weighted by Crippen LogP contribution is 2.48. The van der Waals surface area contributed by atoms with E-state index in [1.165, 1.54) is 16.7 Å². The van der Waals surface area contributed by atoms with Crippen molar-refractivity contribution in [2.45, 2.75) is 49.6 Å². The molecule has 0 unspecified atom stereocenters. The first-order chi connectivity index (χ1) is 13.6. The van der Waals surface area contributed by atoms with Crippen molar-refractivity contribution in [3.05, 3.63) is 77.1 Å². The number of nitrogens with one attached hydrogen (secondary N) is 1. The lowest BCUT2D eigenvalue weighted by atomic mass is 9.75. The molecule has 1 aliphatic carbocycles. The molecule has 1 fully saturated rings. The first-order valence-corrected chi connectivity index (χ1v) is 10.2. The molecule has 2 aromatic carbocycles. The predicted molar refractivity (Wildman–Crippen MR) is 107 cm³/mol. The van der Waals surface area contributed by atoms with E-state index in [1.54, 1.807) is 18.5 Å². The van der Waals surface area contributed by atoms with Gasteiger partial charge in [0.05, 0.1) is 17.1 Å². The number of halogens is 2. The molecular weight excluding hydrogens is 375 g/mol. The fourth-order valence-corrected chi connectivity index (χ4v) is 4.90. The molecule has 6 heteroatoms. The zero-order valence-electron chi connectivity index (χ0n) is 15.5. The predicted octanol–water partition coefficient (Wildman–Crippen LogP) is 4.80. The Morgan fingerprint density at radius 1 is 1.07 bits per heavy atom. The third-order valence-electron chi connectivity index (χ3n) is 6.19. The van der Waals surface area contributed by atoms with Gasteiger partial charge in [-0.3, -0.25) is 4.57 Å². The summed E-state index contributed by atoms with van der Waals surface area (Å²) >= 11 is 7.13. The van der Waals surface area contributed by atoms with Crippen LogP contribution in [0.15, 0.2) is 48.8 Å². The van der Waals surface area contributed by atoms with E-state index in [0.717, 1.165) is 43.7 Å². The van der Waals surface area contributed by atoms with Gasteiger partial charge in [-0.15, -0.1) is 21.8 Å². The van der Waals surface area contributed by atoms with Gasteiger partial charge in [-0.1, -0.05) is 24.3 Å². The molecule has 1 saturated carbocycles. The second kappa shape index (κ2) is 6.98. The minimum absolute atomic E-state index is 0.180. The Labute approximate surface area is 168 Å². The fraction of sp³-hybridized carbons (Fsp3) is 0.364. The van der Waals surface area contributed by atoms with E-state index in [0.29, 0.717) is 12.5 Å². The topological polar surface area (TPSA) is 42.7 Å². The van der Waals surface area contributed by atoms with Crippen LogP contribution in [0, 0.1) is 5.82 Å². The average Bonchev–Trinajstić information content (AvgIpc) is 3.11. The molecule has 0 bridgehead atoms. The summed E-state index contributed by atoms with van der Waals surface area (Å²) in [4.78, 5) is -0.339. The molecule has 2 aliphatic rings. The Hall–Kier alpha value is -2.24. The maximum Gasteiger partial charge on any atom is 0.151 e. The van der Waals surface area contributed by atoms with Gasteiger partial charge in [-0.2, -0.15) is 0 Å². The summed E-state index contributed by atoms with van der Waals surface area (Å²) in [6, 6.07) is 13.5. The highest BCUT2D eigenvalue weighted by molar-refractivity contribution is 6.24. The van der Waals surface area contributed by atoms with E-state index in [-0.39, 0.29) is 10.7 Å². The van der Waals surface area contributed by atoms with Crippen LogP contribution in [-0.2, 0) is 18.0 Å². The first-order valence-electron chi connectivity index (χ1n) is 9.80. The van der Waals surface area contributed by atoms with Crippen LogP contribution in [0.3, 0.4) is 0 Å². The van der Waals surface area contributed by atoms with Crippen LogP contribution in [0.5, 0.6) is 0 Å². The summed E-state index contributed by atoms with van der Waals surface area (Å²) in [6.45, 7) is 1.49. The van der Waals surface area contributed by atoms with Crippen LogP contribution < -0.4 is 5.32 Å². The Morgan fingerprint density at radius 2 is 1.86 bits per heavy atom. The van der Waals surface area contributed by atoms with Crippen molar-refractivity contribution in [2.24, 2.45) is 0 Å². The van der Waals surface area contributed by atoms with Crippen molar-refractivity contribution in [2.75, 3.05) is 0 Å². The molecule has 0 atom stereocenters. The number of nitrogens with zero attached hydrogens (tertiary/aromatic N) is 3. The molecule has 1 aromatic heterocycles. The molecule has 3 aromatic rings. The Balaban J connectivity index is 1.38. The van der Waals surface area contributed by atoms with Gasteiger partial charge in [0.1, 0.15) is 12.1 Å². The summed E-state index contributed by atoms with van der Waals surface area (Å²) in [5.41, 5.74) is 4.74. The number of hydrogen-bond acceptors (Lipinski definition) is 3. The molecule has 0 spiro atoms. The SMILES string of the molecule is Fc1ccc(C2CCC(Cl)(c3ccc4c(c3)CNCc3nncn3-4)CC2)cc1. The Kier molecular flexibility index (Phi) is 4.44. The fourth-order valence-electron chi connectivity index (χ4n) is 4.56. The van der Waals surface area contributed by atoms with E-state index in [9.17, 15) is 4.39 Å². The summed E-state index contributed by atoms with van der Waals surface area (Å²) in [5, 5.41) is 11.6. The molecule has 1 N–H and O–H groups in total. The van der Waals surface area contributed by atoms with Gasteiger partial charge < -0.3 is 5.32 Å². The van der Waals surface area contributed by atoms with Crippen molar-refractivity contribution >= 4 is 11.6 Å². The normalized spacial score (nSPS) is 24.3. The minimum atomic E-state index is -0.339. The minimum Gasteiger partial charge on any atom is -0.306 e. The number of alkyl halides is 1. The summed E-state index contributed by atoms with van der Waals surface area (Å²) in [6.07, 6.45) is 5.63. The van der Waals surface area contributed by atoms with E-state index in [4.69, 9.17) is 11.6 Å². The monoisotopic (exact) mass is 396 g/mol. The third kappa shape index (κ3) is 3.12. The van der Waals surface area contributed by atoms with E-state index >= 15 is 0 Å². The number of benzene rings is 2. The second-order valence-electron chi connectivity index (χ2n) is 7.86. The number of rotatable bonds is 2. The molecule has 28 heavy (non-hydrogen) atoms. The van der Waals surface area contributed by atoms with Gasteiger partial charge in [-0.05, 0) is 66.5 Å². The number of hydrogen-bond donors (Lipinski definition) is 1. The van der Waals surface area contributed by atoms with Crippen LogP contribution in [-0.4, -0.2) is 14.8 Å². The molecule has 5 rings (SSSR count). The molecule has 1 aliphatic heterocycles. The highest BCUT2D eigenvalue weighted by atomic mass is 35.5. The highest BCUT2D eigenvalue weighted by Gasteiger charge is 2.36. The van der Waals surface area contributed by atoms with Crippen molar-refractivity contribution in [3.8, 4) is 5.69 Å². The molecule has 0 amide bonds. The first kappa shape index (κ1) is 17.8. The lowest BCUT2D eigenvalue weighted by Gasteiger charge is -2.36. The zero-order valence-corrected chi connectivity index (χ0v) is 16.3. The van der Waals surface area contributed by atoms with Crippen LogP contribution >= 0.6 is 11.6 Å². The van der Waals surface area contributed by atoms with Crippen molar-refractivity contribution in [3.63, 3.8) is 0 Å². The van der Waals surface area contributed by atoms with Gasteiger partial charge >= 0.3 is 0 Å². The third-order valence-corrected chi connectivity index (χ3v) is 6.79. The van der Waals surface area contributed by atoms with Gasteiger partial charge in [0.15, 0.2) is 5.82 Å². The molecular formula is C22H22ClFN4. The Morgan fingerprint density at radius 3 is 2.64 bits per heavy atom. The Bertz CT molecular complexity index is 990. The molecule has 2 heterocycles. The largest absolute Gasteiger partial charge is 0.306 e. The standard InChI is InChI=1S/C22H22ClFN4/c23-22(9-7-16(8-10-22)15-1-4-19(24)5-2-15)18-3-6-20-17(11-18)12-25-13-21-27-26-14-28(20)21/h1-6,11,14,16,25H,7-10,12-13H2. The molecule has 0 radical (unpaired) electrons. The van der Waals surface area contributed by atoms with Crippen LogP contribution in [0.2, 0.25) is 0 Å². The van der Waals surface area contributed by atoms with Gasteiger partial charge in [-0.25, -0.2) is 4.39 Å². The van der Waals surface area contributed by atoms with E-state index in [1.807, 2.05) is 16.7 Å². The molecule has 4 nitrogen and oxygen atoms in total. The second-order valence-corrected chi connectivity index (χ2v) is 8.58. The smallest absolute Gasteiger partial charge is 0.151 e. The lowest BCUT2D eigenvalue weighted by Crippen LogP contribution is -2.26. The van der Waals surface area contributed by atoms with Crippen molar-refractivity contribution in [1.82, 2.24) is 20.1 Å². The maximum atomic E-state index is 13.2. The lowest BCUT2D eigenvalue weighted by molar-refractivity contribution is 0.359. The van der Waals surface area contributed by atoms with E-state index < -0.39 is 0 Å². The summed E-state index contributed by atoms with van der Waals surface area (Å²) in [5.74, 6) is 1.20. The van der Waals surface area contributed by atoms with Crippen LogP contribution in [0.25, 0.3) is 5.69 Å². The average molecular weight is 397 g/mol. The summed E-state index contributed by atoms with van der Waals surface area (Å²) in [7, 11) is 0. The van der Waals surface area contributed by atoms with Crippen LogP contribution in [0.4, 0.5) is 4.39 Å². The summed E-state index contributed by atoms with van der Waals surface area (Å²) < 4.78 is 15.2. The van der Waals surface area contributed by atoms with Crippen molar-refractivity contribution < 1.29 is 4.39 Å². The van der Waals surface area contributed by atoms with Gasteiger partial charge in [0.2, 0.25) is 0 Å². The maximum absolute atomic E-state index is 13.2. The molecule has 0 saturated heterocycles. The molecule has 144 valence electrons. The number of aromatic nitrogens is 3.